The second kappa shape index (κ2) is 5.32. The molecule has 0 fully saturated rings. The molecule has 0 aliphatic rings. The van der Waals surface area contributed by atoms with Gasteiger partial charge in [0.05, 0.1) is 11.5 Å². The van der Waals surface area contributed by atoms with Crippen molar-refractivity contribution in [3.8, 4) is 0 Å². The van der Waals surface area contributed by atoms with Crippen LogP contribution in [0.3, 0.4) is 0 Å². The van der Waals surface area contributed by atoms with E-state index in [-0.39, 0.29) is 11.5 Å². The van der Waals surface area contributed by atoms with Crippen LogP contribution in [0.5, 0.6) is 0 Å². The minimum Gasteiger partial charge on any atom is -0.475 e. The summed E-state index contributed by atoms with van der Waals surface area (Å²) in [6.45, 7) is 1.61. The zero-order valence-electron chi connectivity index (χ0n) is 9.07. The minimum atomic E-state index is -4.08. The molecule has 0 aliphatic heterocycles. The lowest BCUT2D eigenvalue weighted by Gasteiger charge is -1.99. The summed E-state index contributed by atoms with van der Waals surface area (Å²) in [6.07, 6.45) is 0. The van der Waals surface area contributed by atoms with Gasteiger partial charge in [0.15, 0.2) is 4.98 Å². The Labute approximate surface area is 98.7 Å². The monoisotopic (exact) mass is 255 g/mol. The number of rotatable bonds is 4. The maximum absolute atomic E-state index is 11.9. The fourth-order valence-electron chi connectivity index (χ4n) is 1.12. The molecular weight excluding hydrogens is 244 g/mol. The Bertz CT molecular complexity index is 558. The van der Waals surface area contributed by atoms with E-state index in [9.17, 15) is 13.5 Å². The number of diazo groups is 1. The van der Waals surface area contributed by atoms with Crippen molar-refractivity contribution in [3.05, 3.63) is 46.3 Å². The summed E-state index contributed by atoms with van der Waals surface area (Å²) in [5.41, 5.74) is 0. The number of nitrogens with zero attached hydrogens (tertiary/aromatic N) is 2. The lowest BCUT2D eigenvalue weighted by Crippen LogP contribution is -2.07. The van der Waals surface area contributed by atoms with Gasteiger partial charge in [0.1, 0.15) is 0 Å². The van der Waals surface area contributed by atoms with Gasteiger partial charge in [0.2, 0.25) is 5.39 Å². The highest BCUT2D eigenvalue weighted by atomic mass is 32.2. The van der Waals surface area contributed by atoms with Crippen molar-refractivity contribution >= 4 is 9.84 Å². The summed E-state index contributed by atoms with van der Waals surface area (Å²) in [6, 6.07) is 7.31. The molecule has 6 nitrogen and oxygen atoms in total. The van der Waals surface area contributed by atoms with Crippen LogP contribution in [0.15, 0.2) is 46.2 Å². The van der Waals surface area contributed by atoms with Crippen molar-refractivity contribution in [1.82, 2.24) is 0 Å². The summed E-state index contributed by atoms with van der Waals surface area (Å²) >= 11 is 0. The Balaban J connectivity index is 3.32. The summed E-state index contributed by atoms with van der Waals surface area (Å²) in [5.74, 6) is -0.932. The van der Waals surface area contributed by atoms with Gasteiger partial charge < -0.3 is 9.84 Å². The standard InChI is InChI=1S/C10H10N2O4S/c1-2-16-10(13)9(12-11)17(14,15)8-6-4-3-5-7-8/h3-7H,2H2,1H3/p+1. The largest absolute Gasteiger partial charge is 0.557 e. The Morgan fingerprint density at radius 1 is 1.41 bits per heavy atom. The van der Waals surface area contributed by atoms with Gasteiger partial charge in [0.25, 0.3) is 9.84 Å². The molecule has 0 unspecified atom stereocenters. The molecule has 0 spiro atoms. The third-order valence-electron chi connectivity index (χ3n) is 1.86. The molecule has 0 aromatic heterocycles. The third kappa shape index (κ3) is 2.73. The van der Waals surface area contributed by atoms with E-state index in [2.05, 4.69) is 9.71 Å². The molecule has 1 aromatic rings. The molecule has 0 bridgehead atoms. The molecule has 0 radical (unpaired) electrons. The van der Waals surface area contributed by atoms with Gasteiger partial charge in [-0.15, -0.1) is 0 Å². The van der Waals surface area contributed by atoms with Gasteiger partial charge in [-0.2, -0.15) is 0 Å². The first-order valence-corrected chi connectivity index (χ1v) is 6.23. The van der Waals surface area contributed by atoms with Crippen LogP contribution in [0.4, 0.5) is 0 Å². The Kier molecular flexibility index (Phi) is 4.06. The first kappa shape index (κ1) is 13.0. The van der Waals surface area contributed by atoms with E-state index in [1.54, 1.807) is 13.0 Å². The Morgan fingerprint density at radius 3 is 2.47 bits per heavy atom. The molecule has 0 saturated carbocycles. The molecular formula is C10H11N2O4S+. The van der Waals surface area contributed by atoms with Crippen LogP contribution in [0.1, 0.15) is 6.92 Å². The fourth-order valence-corrected chi connectivity index (χ4v) is 2.26. The van der Waals surface area contributed by atoms with E-state index < -0.39 is 20.8 Å². The van der Waals surface area contributed by atoms with Crippen molar-refractivity contribution in [1.29, 1.82) is 5.39 Å². The van der Waals surface area contributed by atoms with Gasteiger partial charge in [0, 0.05) is 0 Å². The highest BCUT2D eigenvalue weighted by molar-refractivity contribution is 7.95. The molecule has 0 atom stereocenters. The fraction of sp³-hybridized carbons (Fsp3) is 0.200. The summed E-state index contributed by atoms with van der Waals surface area (Å²) in [5, 5.41) is 17.1. The Morgan fingerprint density at radius 2 is 2.00 bits per heavy atom. The van der Waals surface area contributed by atoms with Gasteiger partial charge in [-0.05, 0) is 19.1 Å². The van der Waals surface area contributed by atoms with Crippen LogP contribution in [0, 0.1) is 5.39 Å². The molecule has 0 saturated heterocycles. The average molecular weight is 255 g/mol. The number of hydrogen-bond donors (Lipinski definition) is 1. The van der Waals surface area contributed by atoms with Crippen molar-refractivity contribution in [2.45, 2.75) is 11.8 Å². The van der Waals surface area contributed by atoms with Crippen LogP contribution < -0.4 is 0 Å². The van der Waals surface area contributed by atoms with Crippen LogP contribution in [0.2, 0.25) is 0 Å². The maximum Gasteiger partial charge on any atom is 0.557 e. The highest BCUT2D eigenvalue weighted by Gasteiger charge is 2.39. The van der Waals surface area contributed by atoms with Gasteiger partial charge >= 0.3 is 11.0 Å². The summed E-state index contributed by atoms with van der Waals surface area (Å²) < 4.78 is 28.5. The predicted octanol–water partition coefficient (Wildman–Crippen LogP) is 2.03. The normalized spacial score (nSPS) is 12.5. The molecule has 1 rings (SSSR count). The lowest BCUT2D eigenvalue weighted by atomic mass is 10.4. The number of hydrogen-bond acceptors (Lipinski definition) is 5. The van der Waals surface area contributed by atoms with Crippen LogP contribution in [-0.4, -0.2) is 20.1 Å². The van der Waals surface area contributed by atoms with Crippen molar-refractivity contribution in [3.63, 3.8) is 0 Å². The highest BCUT2D eigenvalue weighted by Crippen LogP contribution is 2.22. The second-order valence-corrected chi connectivity index (χ2v) is 4.82. The predicted molar refractivity (Wildman–Crippen MR) is 60.0 cm³/mol. The van der Waals surface area contributed by atoms with E-state index in [1.165, 1.54) is 24.3 Å². The zero-order valence-corrected chi connectivity index (χ0v) is 9.88. The summed E-state index contributed by atoms with van der Waals surface area (Å²) in [4.78, 5) is 2.47. The minimum absolute atomic E-state index is 0.0508. The molecule has 7 heteroatoms. The molecule has 0 amide bonds. The van der Waals surface area contributed by atoms with Gasteiger partial charge in [-0.25, -0.2) is 8.42 Å². The number of ether oxygens (including phenoxy) is 1. The summed E-state index contributed by atoms with van der Waals surface area (Å²) in [7, 11) is -4.08. The molecule has 17 heavy (non-hydrogen) atoms. The van der Waals surface area contributed by atoms with E-state index >= 15 is 0 Å². The average Bonchev–Trinajstić information content (AvgIpc) is 2.31. The smallest absolute Gasteiger partial charge is 0.475 e. The maximum atomic E-state index is 11.9. The van der Waals surface area contributed by atoms with Crippen LogP contribution in [0.25, 0.3) is 4.98 Å². The van der Waals surface area contributed by atoms with E-state index in [0.29, 0.717) is 0 Å². The number of aliphatic hydroxyl groups is 1. The Hall–Kier alpha value is -2.07. The topological polar surface area (TPSA) is 91.8 Å². The first-order valence-electron chi connectivity index (χ1n) is 4.75. The second-order valence-electron chi connectivity index (χ2n) is 2.96. The number of sulfone groups is 1. The molecule has 1 aromatic carbocycles. The zero-order chi connectivity index (χ0) is 12.9. The van der Waals surface area contributed by atoms with E-state index in [4.69, 9.17) is 5.39 Å². The number of benzene rings is 1. The molecule has 0 aliphatic carbocycles. The van der Waals surface area contributed by atoms with E-state index in [1.807, 2.05) is 0 Å². The van der Waals surface area contributed by atoms with Crippen molar-refractivity contribution < 1.29 is 18.3 Å². The number of aliphatic hydroxyl groups excluding tert-OH is 1. The van der Waals surface area contributed by atoms with Crippen LogP contribution >= 0.6 is 0 Å². The quantitative estimate of drug-likeness (QED) is 0.656. The molecule has 1 N–H and O–H groups in total. The molecule has 90 valence electrons. The first-order chi connectivity index (χ1) is 8.04. The van der Waals surface area contributed by atoms with Gasteiger partial charge in [-0.1, -0.05) is 18.2 Å². The molecule has 0 heterocycles. The van der Waals surface area contributed by atoms with E-state index in [0.717, 1.165) is 0 Å². The van der Waals surface area contributed by atoms with Crippen molar-refractivity contribution in [2.75, 3.05) is 6.61 Å². The van der Waals surface area contributed by atoms with Crippen LogP contribution in [-0.2, 0) is 14.6 Å². The van der Waals surface area contributed by atoms with Gasteiger partial charge in [-0.3, -0.25) is 0 Å². The van der Waals surface area contributed by atoms with Crippen molar-refractivity contribution in [2.24, 2.45) is 0 Å². The lowest BCUT2D eigenvalue weighted by molar-refractivity contribution is 0.101. The third-order valence-corrected chi connectivity index (χ3v) is 3.52. The SMILES string of the molecule is CCOC(O)=C([N+]#N)S(=O)(=O)c1ccccc1.